The predicted octanol–water partition coefficient (Wildman–Crippen LogP) is 2.11. The van der Waals surface area contributed by atoms with Crippen LogP contribution in [0.3, 0.4) is 0 Å². The molecule has 2 nitrogen and oxygen atoms in total. The van der Waals surface area contributed by atoms with Crippen LogP contribution in [0.4, 0.5) is 0 Å². The summed E-state index contributed by atoms with van der Waals surface area (Å²) in [5, 5.41) is 3.45. The summed E-state index contributed by atoms with van der Waals surface area (Å²) in [5.41, 5.74) is 0. The third-order valence-corrected chi connectivity index (χ3v) is 2.79. The van der Waals surface area contributed by atoms with Crippen molar-refractivity contribution in [2.45, 2.75) is 45.6 Å². The van der Waals surface area contributed by atoms with E-state index in [-0.39, 0.29) is 0 Å². The number of hydrogen-bond acceptors (Lipinski definition) is 2. The van der Waals surface area contributed by atoms with Crippen LogP contribution < -0.4 is 5.32 Å². The first-order chi connectivity index (χ1) is 6.68. The molecule has 0 atom stereocenters. The summed E-state index contributed by atoms with van der Waals surface area (Å²) < 4.78 is 0. The molecule has 0 aromatic rings. The van der Waals surface area contributed by atoms with Crippen LogP contribution in [-0.2, 0) is 0 Å². The van der Waals surface area contributed by atoms with E-state index in [9.17, 15) is 0 Å². The van der Waals surface area contributed by atoms with Crippen molar-refractivity contribution in [1.82, 2.24) is 10.2 Å². The quantitative estimate of drug-likeness (QED) is 0.601. The molecule has 0 spiro atoms. The summed E-state index contributed by atoms with van der Waals surface area (Å²) in [6.45, 7) is 8.20. The van der Waals surface area contributed by atoms with Crippen molar-refractivity contribution in [2.24, 2.45) is 5.92 Å². The van der Waals surface area contributed by atoms with Crippen LogP contribution >= 0.6 is 0 Å². The average Bonchev–Trinajstić information content (AvgIpc) is 2.87. The molecule has 84 valence electrons. The van der Waals surface area contributed by atoms with E-state index in [1.165, 1.54) is 45.3 Å². The van der Waals surface area contributed by atoms with Crippen molar-refractivity contribution in [3.05, 3.63) is 0 Å². The number of nitrogens with one attached hydrogen (secondary N) is 1. The Morgan fingerprint density at radius 2 is 2.00 bits per heavy atom. The standard InChI is InChI=1S/C12H26N2/c1-11(2)13-8-4-5-9-14(3)10-12-6-7-12/h11-13H,4-10H2,1-3H3. The molecule has 0 radical (unpaired) electrons. The smallest absolute Gasteiger partial charge is 0.00103 e. The van der Waals surface area contributed by atoms with Gasteiger partial charge in [-0.05, 0) is 51.7 Å². The highest BCUT2D eigenvalue weighted by atomic mass is 15.1. The summed E-state index contributed by atoms with van der Waals surface area (Å²) >= 11 is 0. The lowest BCUT2D eigenvalue weighted by Gasteiger charge is -2.16. The molecule has 0 amide bonds. The molecule has 0 heterocycles. The van der Waals surface area contributed by atoms with Crippen molar-refractivity contribution in [3.63, 3.8) is 0 Å². The van der Waals surface area contributed by atoms with Gasteiger partial charge in [-0.3, -0.25) is 0 Å². The summed E-state index contributed by atoms with van der Waals surface area (Å²) in [4.78, 5) is 2.49. The Morgan fingerprint density at radius 3 is 2.57 bits per heavy atom. The fourth-order valence-corrected chi connectivity index (χ4v) is 1.73. The molecule has 1 aliphatic carbocycles. The normalized spacial score (nSPS) is 16.9. The average molecular weight is 198 g/mol. The van der Waals surface area contributed by atoms with E-state index in [0.29, 0.717) is 6.04 Å². The highest BCUT2D eigenvalue weighted by molar-refractivity contribution is 4.75. The van der Waals surface area contributed by atoms with E-state index >= 15 is 0 Å². The van der Waals surface area contributed by atoms with Crippen molar-refractivity contribution in [3.8, 4) is 0 Å². The first-order valence-electron chi connectivity index (χ1n) is 6.10. The van der Waals surface area contributed by atoms with Gasteiger partial charge >= 0.3 is 0 Å². The van der Waals surface area contributed by atoms with Gasteiger partial charge in [-0.2, -0.15) is 0 Å². The number of hydrogen-bond donors (Lipinski definition) is 1. The third kappa shape index (κ3) is 6.39. The Bertz CT molecular complexity index is 141. The van der Waals surface area contributed by atoms with Gasteiger partial charge in [0.15, 0.2) is 0 Å². The molecule has 0 saturated heterocycles. The maximum Gasteiger partial charge on any atom is 0.00103 e. The van der Waals surface area contributed by atoms with Gasteiger partial charge in [-0.1, -0.05) is 13.8 Å². The third-order valence-electron chi connectivity index (χ3n) is 2.79. The molecule has 14 heavy (non-hydrogen) atoms. The fraction of sp³-hybridized carbons (Fsp3) is 1.00. The topological polar surface area (TPSA) is 15.3 Å². The van der Waals surface area contributed by atoms with Crippen LogP contribution in [0.5, 0.6) is 0 Å². The lowest BCUT2D eigenvalue weighted by atomic mass is 10.2. The number of nitrogens with zero attached hydrogens (tertiary/aromatic N) is 1. The first-order valence-corrected chi connectivity index (χ1v) is 6.10. The van der Waals surface area contributed by atoms with Crippen molar-refractivity contribution < 1.29 is 0 Å². The SMILES string of the molecule is CC(C)NCCCCN(C)CC1CC1. The molecule has 0 aliphatic heterocycles. The Balaban J connectivity index is 1.82. The van der Waals surface area contributed by atoms with Crippen LogP contribution in [0.25, 0.3) is 0 Å². The van der Waals surface area contributed by atoms with Crippen LogP contribution in [-0.4, -0.2) is 37.6 Å². The summed E-state index contributed by atoms with van der Waals surface area (Å²) in [6, 6.07) is 0.638. The van der Waals surface area contributed by atoms with E-state index in [4.69, 9.17) is 0 Å². The van der Waals surface area contributed by atoms with Crippen LogP contribution in [0, 0.1) is 5.92 Å². The highest BCUT2D eigenvalue weighted by Crippen LogP contribution is 2.29. The molecular weight excluding hydrogens is 172 g/mol. The predicted molar refractivity (Wildman–Crippen MR) is 62.6 cm³/mol. The monoisotopic (exact) mass is 198 g/mol. The zero-order valence-corrected chi connectivity index (χ0v) is 10.1. The summed E-state index contributed by atoms with van der Waals surface area (Å²) in [7, 11) is 2.26. The fourth-order valence-electron chi connectivity index (χ4n) is 1.73. The molecule has 1 saturated carbocycles. The second-order valence-electron chi connectivity index (χ2n) is 5.02. The molecule has 1 rings (SSSR count). The minimum Gasteiger partial charge on any atom is -0.315 e. The largest absolute Gasteiger partial charge is 0.315 e. The summed E-state index contributed by atoms with van der Waals surface area (Å²) in [6.07, 6.45) is 5.59. The zero-order chi connectivity index (χ0) is 10.4. The van der Waals surface area contributed by atoms with Crippen LogP contribution in [0.15, 0.2) is 0 Å². The van der Waals surface area contributed by atoms with Gasteiger partial charge in [0, 0.05) is 12.6 Å². The molecule has 1 N–H and O–H groups in total. The Labute approximate surface area is 89.1 Å². The maximum atomic E-state index is 3.45. The Hall–Kier alpha value is -0.0800. The molecule has 0 unspecified atom stereocenters. The Morgan fingerprint density at radius 1 is 1.29 bits per heavy atom. The molecule has 1 fully saturated rings. The molecular formula is C12H26N2. The van der Waals surface area contributed by atoms with Gasteiger partial charge < -0.3 is 10.2 Å². The van der Waals surface area contributed by atoms with E-state index in [1.807, 2.05) is 0 Å². The maximum absolute atomic E-state index is 3.45. The van der Waals surface area contributed by atoms with Gasteiger partial charge in [-0.25, -0.2) is 0 Å². The van der Waals surface area contributed by atoms with Crippen LogP contribution in [0.1, 0.15) is 39.5 Å². The van der Waals surface area contributed by atoms with Gasteiger partial charge in [0.1, 0.15) is 0 Å². The Kier molecular flexibility index (Phi) is 5.49. The first kappa shape index (κ1) is 12.0. The minimum absolute atomic E-state index is 0.638. The van der Waals surface area contributed by atoms with E-state index < -0.39 is 0 Å². The van der Waals surface area contributed by atoms with Crippen molar-refractivity contribution >= 4 is 0 Å². The molecule has 2 heteroatoms. The van der Waals surface area contributed by atoms with E-state index in [0.717, 1.165) is 5.92 Å². The van der Waals surface area contributed by atoms with Crippen molar-refractivity contribution in [1.29, 1.82) is 0 Å². The second-order valence-corrected chi connectivity index (χ2v) is 5.02. The molecule has 0 bridgehead atoms. The van der Waals surface area contributed by atoms with Gasteiger partial charge in [0.05, 0.1) is 0 Å². The zero-order valence-electron chi connectivity index (χ0n) is 10.1. The molecule has 0 aromatic heterocycles. The highest BCUT2D eigenvalue weighted by Gasteiger charge is 2.22. The lowest BCUT2D eigenvalue weighted by Crippen LogP contribution is -2.26. The van der Waals surface area contributed by atoms with Gasteiger partial charge in [0.25, 0.3) is 0 Å². The van der Waals surface area contributed by atoms with E-state index in [1.54, 1.807) is 0 Å². The summed E-state index contributed by atoms with van der Waals surface area (Å²) in [5.74, 6) is 1.04. The van der Waals surface area contributed by atoms with Gasteiger partial charge in [-0.15, -0.1) is 0 Å². The minimum atomic E-state index is 0.638. The van der Waals surface area contributed by atoms with Crippen molar-refractivity contribution in [2.75, 3.05) is 26.7 Å². The molecule has 1 aliphatic rings. The lowest BCUT2D eigenvalue weighted by molar-refractivity contribution is 0.311. The van der Waals surface area contributed by atoms with Gasteiger partial charge in [0.2, 0.25) is 0 Å². The van der Waals surface area contributed by atoms with E-state index in [2.05, 4.69) is 31.1 Å². The number of rotatable bonds is 8. The number of unbranched alkanes of at least 4 members (excludes halogenated alkanes) is 1. The van der Waals surface area contributed by atoms with Crippen LogP contribution in [0.2, 0.25) is 0 Å². The molecule has 0 aromatic carbocycles. The second kappa shape index (κ2) is 6.41.